The van der Waals surface area contributed by atoms with Crippen molar-refractivity contribution in [3.05, 3.63) is 22.1 Å². The summed E-state index contributed by atoms with van der Waals surface area (Å²) in [5.74, 6) is -12.6. The van der Waals surface area contributed by atoms with E-state index in [1.54, 1.807) is 86.0 Å². The number of carboxylic acids is 3. The van der Waals surface area contributed by atoms with Crippen molar-refractivity contribution in [1.29, 1.82) is 0 Å². The van der Waals surface area contributed by atoms with Crippen molar-refractivity contribution in [2.75, 3.05) is 45.9 Å². The first-order valence-electron chi connectivity index (χ1n) is 39.5. The Morgan fingerprint density at radius 2 is 0.680 bits per heavy atom. The number of nitrogens with zero attached hydrogens (tertiary/aromatic N) is 10. The molecular weight excluding hydrogens is 1720 g/mol. The van der Waals surface area contributed by atoms with Gasteiger partial charge in [0.25, 0.3) is 23.6 Å². The maximum atomic E-state index is 11.6. The molecule has 0 aromatic carbocycles. The second kappa shape index (κ2) is 74.2. The summed E-state index contributed by atoms with van der Waals surface area (Å²) >= 11 is 0. The average Bonchev–Trinajstić information content (AvgIpc) is 1.63. The second-order valence-electron chi connectivity index (χ2n) is 28.6. The van der Waals surface area contributed by atoms with Gasteiger partial charge in [0.05, 0.1) is 92.6 Å². The number of carbonyl (C=O) groups is 20. The van der Waals surface area contributed by atoms with Crippen LogP contribution in [0, 0.1) is 22.7 Å². The molecule has 0 aliphatic carbocycles. The Balaban J connectivity index is -0.000000220. The third kappa shape index (κ3) is 69.3. The first-order chi connectivity index (χ1) is 58.4. The van der Waals surface area contributed by atoms with Gasteiger partial charge in [-0.2, -0.15) is 19.2 Å². The van der Waals surface area contributed by atoms with Gasteiger partial charge in [0, 0.05) is 79.1 Å². The largest absolute Gasteiger partial charge is 1.00 e. The minimum absolute atomic E-state index is 0. The van der Waals surface area contributed by atoms with Gasteiger partial charge in [-0.15, -0.1) is 0 Å². The molecule has 128 heavy (non-hydrogen) atoms. The molecule has 2 heterocycles. The second-order valence-corrected chi connectivity index (χ2v) is 28.6. The minimum Gasteiger partial charge on any atom is -0.870 e. The number of imide groups is 2. The Morgan fingerprint density at radius 3 is 0.906 bits per heavy atom. The number of nitrogens with two attached hydrogens (primary N) is 2. The standard InChI is InChI=1S/C14H21N3O7.C13H19N3O7.C12H17NO7.C11H15NO7.C8H13N3O3.C6H9N3O3.2C6H15N.Na.H2O/c1-8(23-12(21)14(2,3)4)24-13(22)17-10(11(19)20)6-5-9(18)7-16-15;1-7(2)12(20)22-8(3)23-13(21)16-10(11(18)19)5-4-9(17)6-15-14;1-7(18-10(16)12(2,3)4)19-11(17)20-13-8(14)5-6-9(13)15;1-6(2)10(15)17-7(3)18-11(16)19-12-8(13)4-5-9(12)14;1-2-14-8(13)7(9)4-3-6(12)5-11-10;7-5(6(11)12)2-1-4(10)3-9-8;2*1-4-7(5-2)6-3;;/h7-8,10H,5-6H2,1-4H3,(H,17,22)(H,19,20);6-8,10H,4-5H2,1-3H3,(H,16,21)(H,18,19);7H,5-6H2,1-4H3;6-7H,4-5H2,1-3H3;5,7H,2-4,9H2,1H3;3,5H,1-2,7H2,(H,11,12);2*4-6H2,1-3H3;;1H2/q;;;;;;;;+1;/p-1. The first-order valence-corrected chi connectivity index (χ1v) is 39.5. The van der Waals surface area contributed by atoms with E-state index in [4.69, 9.17) is 62.4 Å². The van der Waals surface area contributed by atoms with Gasteiger partial charge < -0.3 is 127 Å². The molecule has 0 radical (unpaired) electrons. The maximum Gasteiger partial charge on any atom is 1.00 e. The zero-order chi connectivity index (χ0) is 98.9. The number of amides is 6. The van der Waals surface area contributed by atoms with E-state index in [0.29, 0.717) is 28.8 Å². The number of quaternary nitrogens is 2. The molecule has 0 saturated carbocycles. The van der Waals surface area contributed by atoms with Gasteiger partial charge in [-0.3, -0.25) is 76.8 Å². The molecular formula is C76H125N16NaO35. The van der Waals surface area contributed by atoms with Crippen LogP contribution in [0.1, 0.15) is 222 Å². The normalized spacial score (nSPS) is 13.2. The molecule has 0 bridgehead atoms. The third-order valence-corrected chi connectivity index (χ3v) is 15.3. The van der Waals surface area contributed by atoms with E-state index < -0.39 is 179 Å². The van der Waals surface area contributed by atoms with Crippen molar-refractivity contribution in [1.82, 2.24) is 20.8 Å². The number of rotatable bonds is 41. The van der Waals surface area contributed by atoms with Crippen molar-refractivity contribution in [2.45, 2.75) is 272 Å². The quantitative estimate of drug-likeness (QED) is 0.00444. The van der Waals surface area contributed by atoms with E-state index in [0.717, 1.165) is 6.21 Å². The summed E-state index contributed by atoms with van der Waals surface area (Å²) in [6.45, 7) is 44.3. The van der Waals surface area contributed by atoms with Gasteiger partial charge >= 0.3 is 115 Å². The van der Waals surface area contributed by atoms with Gasteiger partial charge in [-0.05, 0) is 116 Å². The number of hydrogen-bond acceptors (Lipinski definition) is 36. The molecule has 8 atom stereocenters. The molecule has 52 heteroatoms. The van der Waals surface area contributed by atoms with Gasteiger partial charge in [0.2, 0.25) is 48.3 Å². The van der Waals surface area contributed by atoms with Gasteiger partial charge in [0.1, 0.15) is 12.1 Å². The van der Waals surface area contributed by atoms with E-state index in [1.165, 1.54) is 67.0 Å². The Bertz CT molecular complexity index is 3730. The molecule has 0 spiro atoms. The number of Topliss-reactive ketones (excluding diaryl/α,β-unsaturated/α-hetero) is 4. The number of aliphatic carboxylic acids is 3. The maximum absolute atomic E-state index is 11.6. The SMILES string of the molecule is CC(OC(=O)NC(CCC(=O)C=[N+]=[N-])C(=O)[O-])OC(=O)C(C)(C)C.CC(OC(=O)NC(CCC(=O)C=[N+]=[N-])C(=O)[O-])OC(=O)C(C)C.CC(OC(=O)ON1C(=O)CCC1=O)OC(=O)C(C)(C)C.CC(OC(=O)ON1C(=O)CCC1=O)OC(=O)C(C)C.CCOC(=O)C(N)CCC(=O)C=[N+]=[N-].CC[NH+](CC)CC.CC[NH+](CC)CC.[N-]=[N+]=CC(=O)CCC(N)C(=O)O.[Na+].[OH-]. The summed E-state index contributed by atoms with van der Waals surface area (Å²) < 4.78 is 42.5. The van der Waals surface area contributed by atoms with Crippen molar-refractivity contribution in [3.63, 3.8) is 0 Å². The third-order valence-electron chi connectivity index (χ3n) is 15.3. The van der Waals surface area contributed by atoms with Crippen LogP contribution in [0.3, 0.4) is 0 Å². The average molecular weight is 1850 g/mol. The van der Waals surface area contributed by atoms with Gasteiger partial charge in [-0.25, -0.2) is 19.2 Å². The molecule has 10 N–H and O–H groups in total. The van der Waals surface area contributed by atoms with Crippen LogP contribution >= 0.6 is 0 Å². The predicted octanol–water partition coefficient (Wildman–Crippen LogP) is -4.41. The van der Waals surface area contributed by atoms with Crippen LogP contribution in [0.5, 0.6) is 0 Å². The number of carboxylic acid groups (broad SMARTS) is 3. The van der Waals surface area contributed by atoms with Crippen LogP contribution < -0.4 is 71.7 Å². The van der Waals surface area contributed by atoms with E-state index in [-0.39, 0.29) is 130 Å². The number of alkyl carbamates (subject to hydrolysis) is 2. The van der Waals surface area contributed by atoms with E-state index in [2.05, 4.69) is 89.3 Å². The molecule has 2 fully saturated rings. The molecule has 0 aromatic heterocycles. The molecule has 2 rings (SSSR count). The number of ketones is 4. The number of hydrogen-bond donors (Lipinski definition) is 7. The smallest absolute Gasteiger partial charge is 0.870 e. The summed E-state index contributed by atoms with van der Waals surface area (Å²) in [7, 11) is 0. The van der Waals surface area contributed by atoms with Crippen LogP contribution in [0.2, 0.25) is 0 Å². The minimum atomic E-state index is -1.62. The van der Waals surface area contributed by atoms with Crippen LogP contribution in [-0.2, 0) is 129 Å². The number of esters is 5. The molecule has 2 saturated heterocycles. The fourth-order valence-corrected chi connectivity index (χ4v) is 7.96. The summed E-state index contributed by atoms with van der Waals surface area (Å²) in [6, 6.07) is -4.84. The summed E-state index contributed by atoms with van der Waals surface area (Å²) in [4.78, 5) is 245. The molecule has 720 valence electrons. The summed E-state index contributed by atoms with van der Waals surface area (Å²) in [6.07, 6.45) is -7.93. The van der Waals surface area contributed by atoms with Crippen molar-refractivity contribution < 1.29 is 228 Å². The molecule has 2 aliphatic heterocycles. The Labute approximate surface area is 762 Å². The number of hydroxylamine groups is 4. The monoisotopic (exact) mass is 1840 g/mol. The zero-order valence-corrected chi connectivity index (χ0v) is 78.5. The summed E-state index contributed by atoms with van der Waals surface area (Å²) in [5, 5.41) is 34.8. The number of ether oxygens (including phenoxy) is 9. The first kappa shape index (κ1) is 132. The molecule has 2 aliphatic rings. The molecule has 51 nitrogen and oxygen atoms in total. The Hall–Kier alpha value is -11.9. The fraction of sp³-hybridized carbons (Fsp3) is 0.684. The van der Waals surface area contributed by atoms with Gasteiger partial charge in [0.15, 0.2) is 0 Å². The fourth-order valence-electron chi connectivity index (χ4n) is 7.96. The van der Waals surface area contributed by atoms with Crippen LogP contribution in [0.15, 0.2) is 0 Å². The number of nitrogens with one attached hydrogen (secondary N) is 4. The van der Waals surface area contributed by atoms with Crippen LogP contribution in [0.4, 0.5) is 19.2 Å². The van der Waals surface area contributed by atoms with E-state index in [1.807, 2.05) is 10.6 Å². The van der Waals surface area contributed by atoms with Crippen molar-refractivity contribution in [3.8, 4) is 0 Å². The topological polar surface area (TPSA) is 776 Å². The Kier molecular flexibility index (Phi) is 76.3. The molecule has 6 amide bonds. The summed E-state index contributed by atoms with van der Waals surface area (Å²) in [5.41, 5.74) is 41.2. The zero-order valence-electron chi connectivity index (χ0n) is 76.5. The van der Waals surface area contributed by atoms with E-state index in [9.17, 15) is 106 Å². The Morgan fingerprint density at radius 1 is 0.430 bits per heavy atom. The van der Waals surface area contributed by atoms with E-state index >= 15 is 0 Å². The predicted molar refractivity (Wildman–Crippen MR) is 428 cm³/mol. The van der Waals surface area contributed by atoms with Crippen molar-refractivity contribution >= 4 is 144 Å². The number of carbonyl (C=O) groups excluding carboxylic acids is 19. The van der Waals surface area contributed by atoms with Crippen LogP contribution in [0.25, 0.3) is 22.1 Å². The molecule has 0 aromatic rings. The van der Waals surface area contributed by atoms with Crippen LogP contribution in [-0.4, -0.2) is 279 Å². The van der Waals surface area contributed by atoms with Crippen molar-refractivity contribution in [2.24, 2.45) is 34.1 Å². The molecule has 8 unspecified atom stereocenters. The van der Waals surface area contributed by atoms with Gasteiger partial charge in [-0.1, -0.05) is 37.8 Å².